The molecule has 4 rings (SSSR count). The third kappa shape index (κ3) is 7.10. The molecule has 1 aliphatic rings. The van der Waals surface area contributed by atoms with Crippen LogP contribution in [0, 0.1) is 11.6 Å². The van der Waals surface area contributed by atoms with Gasteiger partial charge in [-0.05, 0) is 68.4 Å². The summed E-state index contributed by atoms with van der Waals surface area (Å²) in [6.07, 6.45) is 0. The van der Waals surface area contributed by atoms with E-state index in [9.17, 15) is 23.2 Å². The van der Waals surface area contributed by atoms with Crippen LogP contribution in [0.4, 0.5) is 30.6 Å². The summed E-state index contributed by atoms with van der Waals surface area (Å²) in [6.45, 7) is 5.56. The zero-order chi connectivity index (χ0) is 27.9. The van der Waals surface area contributed by atoms with Crippen molar-refractivity contribution in [2.45, 2.75) is 19.9 Å². The second kappa shape index (κ2) is 12.4. The number of benzene rings is 3. The van der Waals surface area contributed by atoms with Crippen LogP contribution in [0.15, 0.2) is 72.8 Å². The lowest BCUT2D eigenvalue weighted by Crippen LogP contribution is -2.50. The number of hydrogen-bond acceptors (Lipinski definition) is 4. The molecule has 8 nitrogen and oxygen atoms in total. The molecule has 10 heteroatoms. The number of hydrogen-bond donors (Lipinski definition) is 2. The Kier molecular flexibility index (Phi) is 8.75. The summed E-state index contributed by atoms with van der Waals surface area (Å²) in [5.41, 5.74) is 1.85. The van der Waals surface area contributed by atoms with Crippen molar-refractivity contribution in [3.05, 3.63) is 90.0 Å². The molecule has 1 aliphatic heterocycles. The van der Waals surface area contributed by atoms with E-state index in [2.05, 4.69) is 15.5 Å². The fraction of sp³-hybridized carbons (Fsp3) is 0.276. The van der Waals surface area contributed by atoms with Crippen LogP contribution in [-0.4, -0.2) is 66.4 Å². The first-order valence-electron chi connectivity index (χ1n) is 12.7. The van der Waals surface area contributed by atoms with Crippen molar-refractivity contribution in [3.63, 3.8) is 0 Å². The molecule has 0 unspecified atom stereocenters. The number of rotatable bonds is 7. The van der Waals surface area contributed by atoms with Gasteiger partial charge in [0.05, 0.1) is 5.69 Å². The summed E-state index contributed by atoms with van der Waals surface area (Å²) >= 11 is 0. The summed E-state index contributed by atoms with van der Waals surface area (Å²) in [4.78, 5) is 43.2. The van der Waals surface area contributed by atoms with E-state index < -0.39 is 17.5 Å². The number of piperazine rings is 1. The van der Waals surface area contributed by atoms with Crippen LogP contribution < -0.4 is 15.5 Å². The molecule has 1 saturated heterocycles. The number of nitrogens with zero attached hydrogens (tertiary/aromatic N) is 3. The molecule has 1 fully saturated rings. The van der Waals surface area contributed by atoms with Gasteiger partial charge in [0.25, 0.3) is 5.91 Å². The lowest BCUT2D eigenvalue weighted by atomic mass is 10.1. The van der Waals surface area contributed by atoms with Crippen LogP contribution in [-0.2, 0) is 4.79 Å². The molecule has 0 aromatic heterocycles. The van der Waals surface area contributed by atoms with Crippen molar-refractivity contribution in [3.8, 4) is 0 Å². The van der Waals surface area contributed by atoms with Gasteiger partial charge in [0.1, 0.15) is 18.2 Å². The summed E-state index contributed by atoms with van der Waals surface area (Å²) in [5, 5.41) is 5.42. The van der Waals surface area contributed by atoms with E-state index in [1.165, 1.54) is 35.2 Å². The molecule has 0 bridgehead atoms. The topological polar surface area (TPSA) is 85.0 Å². The van der Waals surface area contributed by atoms with E-state index in [0.29, 0.717) is 31.9 Å². The molecule has 204 valence electrons. The van der Waals surface area contributed by atoms with Crippen molar-refractivity contribution in [1.82, 2.24) is 9.80 Å². The van der Waals surface area contributed by atoms with Gasteiger partial charge < -0.3 is 25.3 Å². The number of nitrogens with one attached hydrogen (secondary N) is 2. The average molecular weight is 536 g/mol. The maximum Gasteiger partial charge on any atom is 0.322 e. The molecule has 0 radical (unpaired) electrons. The third-order valence-corrected chi connectivity index (χ3v) is 6.47. The fourth-order valence-electron chi connectivity index (χ4n) is 4.31. The predicted octanol–water partition coefficient (Wildman–Crippen LogP) is 4.81. The lowest BCUT2D eigenvalue weighted by molar-refractivity contribution is -0.117. The lowest BCUT2D eigenvalue weighted by Gasteiger charge is -2.36. The van der Waals surface area contributed by atoms with E-state index in [1.807, 2.05) is 12.1 Å². The van der Waals surface area contributed by atoms with Crippen molar-refractivity contribution in [1.29, 1.82) is 0 Å². The van der Waals surface area contributed by atoms with Crippen molar-refractivity contribution in [2.75, 3.05) is 48.3 Å². The number of para-hydroxylation sites is 1. The van der Waals surface area contributed by atoms with Gasteiger partial charge in [-0.25, -0.2) is 13.6 Å². The van der Waals surface area contributed by atoms with Crippen LogP contribution in [0.25, 0.3) is 0 Å². The number of carbonyl (C=O) groups is 3. The summed E-state index contributed by atoms with van der Waals surface area (Å²) < 4.78 is 27.4. The Hall–Kier alpha value is -4.47. The third-order valence-electron chi connectivity index (χ3n) is 6.47. The maximum atomic E-state index is 13.8. The standard InChI is InChI=1S/C29H31F2N5O3/c1-20(2)36(28(38)21-6-5-7-22(30)18-21)19-27(37)32-23-10-12-24(13-11-23)34-14-16-35(17-15-34)29(39)33-26-9-4-3-8-25(26)31/h3-13,18,20H,14-17,19H2,1-2H3,(H,32,37)(H,33,39). The smallest absolute Gasteiger partial charge is 0.322 e. The Bertz CT molecular complexity index is 1320. The summed E-state index contributed by atoms with van der Waals surface area (Å²) in [5.74, 6) is -1.78. The van der Waals surface area contributed by atoms with Gasteiger partial charge in [0, 0.05) is 49.2 Å². The molecule has 0 aliphatic carbocycles. The molecular formula is C29H31F2N5O3. The highest BCUT2D eigenvalue weighted by Crippen LogP contribution is 2.21. The zero-order valence-electron chi connectivity index (χ0n) is 21.9. The van der Waals surface area contributed by atoms with E-state index in [4.69, 9.17) is 0 Å². The van der Waals surface area contributed by atoms with Crippen molar-refractivity contribution in [2.24, 2.45) is 0 Å². The summed E-state index contributed by atoms with van der Waals surface area (Å²) in [7, 11) is 0. The van der Waals surface area contributed by atoms with Crippen LogP contribution in [0.5, 0.6) is 0 Å². The van der Waals surface area contributed by atoms with Gasteiger partial charge in [-0.3, -0.25) is 9.59 Å². The number of halogens is 2. The Morgan fingerprint density at radius 2 is 1.56 bits per heavy atom. The Balaban J connectivity index is 1.29. The summed E-state index contributed by atoms with van der Waals surface area (Å²) in [6, 6.07) is 18.1. The molecule has 3 aromatic rings. The number of amides is 4. The van der Waals surface area contributed by atoms with Crippen LogP contribution in [0.2, 0.25) is 0 Å². The first-order valence-corrected chi connectivity index (χ1v) is 12.7. The van der Waals surface area contributed by atoms with E-state index in [-0.39, 0.29) is 35.8 Å². The predicted molar refractivity (Wildman–Crippen MR) is 147 cm³/mol. The highest BCUT2D eigenvalue weighted by Gasteiger charge is 2.23. The monoisotopic (exact) mass is 535 g/mol. The molecule has 39 heavy (non-hydrogen) atoms. The van der Waals surface area contributed by atoms with Gasteiger partial charge in [0.15, 0.2) is 0 Å². The molecule has 0 saturated carbocycles. The number of anilines is 3. The van der Waals surface area contributed by atoms with E-state index in [1.54, 1.807) is 43.0 Å². The SMILES string of the molecule is CC(C)N(CC(=O)Nc1ccc(N2CCN(C(=O)Nc3ccccc3F)CC2)cc1)C(=O)c1cccc(F)c1. The maximum absolute atomic E-state index is 13.8. The highest BCUT2D eigenvalue weighted by atomic mass is 19.1. The number of carbonyl (C=O) groups excluding carboxylic acids is 3. The average Bonchev–Trinajstić information content (AvgIpc) is 2.93. The largest absolute Gasteiger partial charge is 0.368 e. The minimum atomic E-state index is -0.513. The van der Waals surface area contributed by atoms with E-state index >= 15 is 0 Å². The molecule has 0 spiro atoms. The molecule has 3 aromatic carbocycles. The van der Waals surface area contributed by atoms with Crippen LogP contribution in [0.1, 0.15) is 24.2 Å². The molecular weight excluding hydrogens is 504 g/mol. The Labute approximate surface area is 226 Å². The number of urea groups is 1. The van der Waals surface area contributed by atoms with Gasteiger partial charge in [-0.1, -0.05) is 18.2 Å². The molecule has 1 heterocycles. The minimum absolute atomic E-state index is 0.150. The molecule has 4 amide bonds. The van der Waals surface area contributed by atoms with Gasteiger partial charge in [-0.2, -0.15) is 0 Å². The second-order valence-electron chi connectivity index (χ2n) is 9.52. The normalized spacial score (nSPS) is 13.3. The van der Waals surface area contributed by atoms with E-state index in [0.717, 1.165) is 11.8 Å². The Morgan fingerprint density at radius 3 is 2.21 bits per heavy atom. The second-order valence-corrected chi connectivity index (χ2v) is 9.52. The first-order chi connectivity index (χ1) is 18.7. The zero-order valence-corrected chi connectivity index (χ0v) is 21.9. The minimum Gasteiger partial charge on any atom is -0.368 e. The molecule has 0 atom stereocenters. The fourth-order valence-corrected chi connectivity index (χ4v) is 4.31. The van der Waals surface area contributed by atoms with Crippen molar-refractivity contribution < 1.29 is 23.2 Å². The van der Waals surface area contributed by atoms with Crippen LogP contribution in [0.3, 0.4) is 0 Å². The molecule has 2 N–H and O–H groups in total. The highest BCUT2D eigenvalue weighted by molar-refractivity contribution is 5.99. The van der Waals surface area contributed by atoms with Gasteiger partial charge in [0.2, 0.25) is 5.91 Å². The quantitative estimate of drug-likeness (QED) is 0.455. The van der Waals surface area contributed by atoms with Gasteiger partial charge in [-0.15, -0.1) is 0 Å². The van der Waals surface area contributed by atoms with Crippen molar-refractivity contribution >= 4 is 34.9 Å². The van der Waals surface area contributed by atoms with Gasteiger partial charge >= 0.3 is 6.03 Å². The first kappa shape index (κ1) is 27.6. The Morgan fingerprint density at radius 1 is 0.872 bits per heavy atom. The van der Waals surface area contributed by atoms with Crippen LogP contribution >= 0.6 is 0 Å².